The Morgan fingerprint density at radius 3 is 2.00 bits per heavy atom. The summed E-state index contributed by atoms with van der Waals surface area (Å²) in [5, 5.41) is 7.38. The maximum atomic E-state index is 14.3. The van der Waals surface area contributed by atoms with Gasteiger partial charge in [-0.15, -0.1) is 0 Å². The van der Waals surface area contributed by atoms with Crippen molar-refractivity contribution in [3.8, 4) is 5.75 Å². The van der Waals surface area contributed by atoms with Gasteiger partial charge >= 0.3 is 0 Å². The highest BCUT2D eigenvalue weighted by molar-refractivity contribution is 6.02. The summed E-state index contributed by atoms with van der Waals surface area (Å²) in [5.74, 6) is -0.160. The number of hydrogen-bond donors (Lipinski definition) is 1. The summed E-state index contributed by atoms with van der Waals surface area (Å²) in [5.41, 5.74) is 4.31. The molecule has 0 radical (unpaired) electrons. The molecule has 4 aromatic rings. The maximum Gasteiger partial charge on any atom is 0.243 e. The fourth-order valence-corrected chi connectivity index (χ4v) is 4.99. The molecule has 2 amide bonds. The fourth-order valence-electron chi connectivity index (χ4n) is 4.99. The smallest absolute Gasteiger partial charge is 0.243 e. The normalized spacial score (nSPS) is 15.6. The minimum absolute atomic E-state index is 0.150. The molecule has 0 aromatic heterocycles. The van der Waals surface area contributed by atoms with E-state index in [9.17, 15) is 9.59 Å². The van der Waals surface area contributed by atoms with Gasteiger partial charge in [0.1, 0.15) is 18.4 Å². The first-order valence-electron chi connectivity index (χ1n) is 13.6. The number of hydrogen-bond acceptors (Lipinski definition) is 5. The average molecular weight is 548 g/mol. The summed E-state index contributed by atoms with van der Waals surface area (Å²) < 4.78 is 5.21. The number of methoxy groups -OCH3 is 1. The first-order valence-corrected chi connectivity index (χ1v) is 13.6. The molecule has 1 N–H and O–H groups in total. The lowest BCUT2D eigenvalue weighted by molar-refractivity contribution is -0.138. The highest BCUT2D eigenvalue weighted by Gasteiger charge is 2.41. The van der Waals surface area contributed by atoms with Crippen molar-refractivity contribution in [1.29, 1.82) is 0 Å². The van der Waals surface area contributed by atoms with Crippen LogP contribution in [0.4, 0.5) is 0 Å². The van der Waals surface area contributed by atoms with Crippen molar-refractivity contribution in [2.24, 2.45) is 5.16 Å². The summed E-state index contributed by atoms with van der Waals surface area (Å²) >= 11 is 0. The highest BCUT2D eigenvalue weighted by atomic mass is 16.6. The second kappa shape index (κ2) is 13.4. The van der Waals surface area contributed by atoms with E-state index in [4.69, 9.17) is 9.57 Å². The Morgan fingerprint density at radius 2 is 1.41 bits per heavy atom. The van der Waals surface area contributed by atoms with E-state index in [0.29, 0.717) is 18.7 Å². The predicted octanol–water partition coefficient (Wildman–Crippen LogP) is 5.32. The van der Waals surface area contributed by atoms with Gasteiger partial charge in [0.25, 0.3) is 0 Å². The molecule has 1 heterocycles. The second-order valence-electron chi connectivity index (χ2n) is 9.92. The zero-order valence-electron chi connectivity index (χ0n) is 23.0. The Bertz CT molecular complexity index is 1420. The molecule has 7 heteroatoms. The standard InChI is InChI=1S/C34H33N3O4/c1-40-30-19-17-26(18-20-30)24-41-36-29-21-31(33(38)35-22-25-11-5-2-6-12-25)37(23-29)34(39)32(27-13-7-3-8-14-27)28-15-9-4-10-16-28/h2-20,31-32H,21-24H2,1H3,(H,35,38)/b36-29+/t31-/m0/s1. The number of rotatable bonds is 10. The highest BCUT2D eigenvalue weighted by Crippen LogP contribution is 2.30. The molecule has 1 aliphatic rings. The number of nitrogens with zero attached hydrogens (tertiary/aromatic N) is 2. The first-order chi connectivity index (χ1) is 20.1. The van der Waals surface area contributed by atoms with E-state index in [-0.39, 0.29) is 25.0 Å². The fraction of sp³-hybridized carbons (Fsp3) is 0.206. The van der Waals surface area contributed by atoms with Gasteiger partial charge in [-0.25, -0.2) is 0 Å². The molecule has 4 aromatic carbocycles. The third kappa shape index (κ3) is 7.00. The molecule has 0 aliphatic carbocycles. The molecule has 0 spiro atoms. The van der Waals surface area contributed by atoms with Gasteiger partial charge in [-0.3, -0.25) is 9.59 Å². The van der Waals surface area contributed by atoms with Crippen molar-refractivity contribution >= 4 is 17.5 Å². The van der Waals surface area contributed by atoms with E-state index in [0.717, 1.165) is 28.0 Å². The number of oxime groups is 1. The van der Waals surface area contributed by atoms with Gasteiger partial charge in [-0.1, -0.05) is 108 Å². The number of likely N-dealkylation sites (tertiary alicyclic amines) is 1. The summed E-state index contributed by atoms with van der Waals surface area (Å²) in [6, 6.07) is 35.9. The SMILES string of the molecule is COc1ccc(CO/N=C2\C[C@@H](C(=O)NCc3ccccc3)N(C(=O)C(c3ccccc3)c3ccccc3)C2)cc1. The average Bonchev–Trinajstić information content (AvgIpc) is 3.46. The lowest BCUT2D eigenvalue weighted by Crippen LogP contribution is -2.47. The van der Waals surface area contributed by atoms with Crippen molar-refractivity contribution in [2.45, 2.75) is 31.5 Å². The zero-order valence-corrected chi connectivity index (χ0v) is 23.0. The molecule has 1 atom stereocenters. The molecule has 208 valence electrons. The van der Waals surface area contributed by atoms with Gasteiger partial charge < -0.3 is 19.8 Å². The van der Waals surface area contributed by atoms with Gasteiger partial charge in [0, 0.05) is 13.0 Å². The van der Waals surface area contributed by atoms with Crippen LogP contribution in [-0.2, 0) is 27.6 Å². The van der Waals surface area contributed by atoms with Gasteiger partial charge in [0.05, 0.1) is 25.3 Å². The van der Waals surface area contributed by atoms with Crippen LogP contribution in [0.5, 0.6) is 5.75 Å². The van der Waals surface area contributed by atoms with Gasteiger partial charge in [-0.05, 0) is 34.4 Å². The van der Waals surface area contributed by atoms with E-state index in [1.54, 1.807) is 12.0 Å². The summed E-state index contributed by atoms with van der Waals surface area (Å²) in [7, 11) is 1.62. The number of benzene rings is 4. The van der Waals surface area contributed by atoms with Gasteiger partial charge in [-0.2, -0.15) is 0 Å². The van der Waals surface area contributed by atoms with E-state index < -0.39 is 12.0 Å². The third-order valence-electron chi connectivity index (χ3n) is 7.15. The molecule has 1 fully saturated rings. The molecule has 7 nitrogen and oxygen atoms in total. The van der Waals surface area contributed by atoms with Crippen molar-refractivity contribution in [3.63, 3.8) is 0 Å². The topological polar surface area (TPSA) is 80.2 Å². The van der Waals surface area contributed by atoms with E-state index in [1.165, 1.54) is 0 Å². The Morgan fingerprint density at radius 1 is 0.829 bits per heavy atom. The minimum atomic E-state index is -0.704. The molecule has 0 bridgehead atoms. The quantitative estimate of drug-likeness (QED) is 0.273. The molecule has 0 unspecified atom stereocenters. The predicted molar refractivity (Wildman–Crippen MR) is 158 cm³/mol. The van der Waals surface area contributed by atoms with Gasteiger partial charge in [0.2, 0.25) is 11.8 Å². The van der Waals surface area contributed by atoms with Crippen LogP contribution in [0.1, 0.15) is 34.6 Å². The summed E-state index contributed by atoms with van der Waals surface area (Å²) in [6.07, 6.45) is 0.297. The molecule has 41 heavy (non-hydrogen) atoms. The molecular weight excluding hydrogens is 514 g/mol. The Labute approximate surface area is 240 Å². The van der Waals surface area contributed by atoms with E-state index in [1.807, 2.05) is 115 Å². The number of nitrogens with one attached hydrogen (secondary N) is 1. The molecule has 1 saturated heterocycles. The Balaban J connectivity index is 1.38. The van der Waals surface area contributed by atoms with Crippen molar-refractivity contribution in [2.75, 3.05) is 13.7 Å². The molecule has 0 saturated carbocycles. The second-order valence-corrected chi connectivity index (χ2v) is 9.92. The van der Waals surface area contributed by atoms with Crippen molar-refractivity contribution in [3.05, 3.63) is 138 Å². The summed E-state index contributed by atoms with van der Waals surface area (Å²) in [4.78, 5) is 35.1. The maximum absolute atomic E-state index is 14.3. The third-order valence-corrected chi connectivity index (χ3v) is 7.15. The lowest BCUT2D eigenvalue weighted by Gasteiger charge is -2.28. The monoisotopic (exact) mass is 547 g/mol. The zero-order chi connectivity index (χ0) is 28.4. The number of carbonyl (C=O) groups is 2. The van der Waals surface area contributed by atoms with Crippen LogP contribution in [0.25, 0.3) is 0 Å². The molecule has 5 rings (SSSR count). The van der Waals surface area contributed by atoms with Crippen LogP contribution >= 0.6 is 0 Å². The van der Waals surface area contributed by atoms with Crippen LogP contribution in [0.3, 0.4) is 0 Å². The Hall–Kier alpha value is -4.91. The van der Waals surface area contributed by atoms with Crippen LogP contribution in [0, 0.1) is 0 Å². The van der Waals surface area contributed by atoms with Crippen molar-refractivity contribution < 1.29 is 19.2 Å². The number of ether oxygens (including phenoxy) is 1. The summed E-state index contributed by atoms with van der Waals surface area (Å²) in [6.45, 7) is 0.851. The minimum Gasteiger partial charge on any atom is -0.497 e. The number of amides is 2. The van der Waals surface area contributed by atoms with Crippen molar-refractivity contribution in [1.82, 2.24) is 10.2 Å². The van der Waals surface area contributed by atoms with Crippen LogP contribution in [-0.4, -0.2) is 42.1 Å². The van der Waals surface area contributed by atoms with E-state index in [2.05, 4.69) is 10.5 Å². The Kier molecular flexibility index (Phi) is 9.06. The van der Waals surface area contributed by atoms with E-state index >= 15 is 0 Å². The van der Waals surface area contributed by atoms with Crippen LogP contribution in [0.15, 0.2) is 120 Å². The number of carbonyl (C=O) groups excluding carboxylic acids is 2. The van der Waals surface area contributed by atoms with Gasteiger partial charge in [0.15, 0.2) is 0 Å². The molecule has 1 aliphatic heterocycles. The molecular formula is C34H33N3O4. The first kappa shape index (κ1) is 27.6. The lowest BCUT2D eigenvalue weighted by atomic mass is 9.90. The van der Waals surface area contributed by atoms with Crippen LogP contribution < -0.4 is 10.1 Å². The largest absolute Gasteiger partial charge is 0.497 e. The van der Waals surface area contributed by atoms with Crippen LogP contribution in [0.2, 0.25) is 0 Å².